The lowest BCUT2D eigenvalue weighted by Crippen LogP contribution is -2.36. The summed E-state index contributed by atoms with van der Waals surface area (Å²) in [6.45, 7) is 1.33. The summed E-state index contributed by atoms with van der Waals surface area (Å²) in [5.74, 6) is 0.943. The molecule has 3 rings (SSSR count). The highest BCUT2D eigenvalue weighted by molar-refractivity contribution is 5.75. The molecule has 0 spiro atoms. The van der Waals surface area contributed by atoms with Crippen LogP contribution in [0.5, 0.6) is 0 Å². The Morgan fingerprint density at radius 2 is 2.09 bits per heavy atom. The van der Waals surface area contributed by atoms with Gasteiger partial charge >= 0.3 is 5.97 Å². The van der Waals surface area contributed by atoms with Crippen LogP contribution in [0.15, 0.2) is 34.7 Å². The molecule has 2 heterocycles. The highest BCUT2D eigenvalue weighted by Crippen LogP contribution is 2.21. The van der Waals surface area contributed by atoms with Crippen LogP contribution in [-0.4, -0.2) is 40.8 Å². The number of carbonyl (C=O) groups excluding carboxylic acids is 1. The van der Waals surface area contributed by atoms with Crippen molar-refractivity contribution in [3.8, 4) is 0 Å². The molecule has 2 aromatic rings. The normalized spacial score (nSPS) is 18.5. The van der Waals surface area contributed by atoms with Gasteiger partial charge < -0.3 is 9.15 Å². The van der Waals surface area contributed by atoms with Crippen LogP contribution in [0.25, 0.3) is 0 Å². The van der Waals surface area contributed by atoms with Gasteiger partial charge in [-0.2, -0.15) is 0 Å². The number of ether oxygens (including phenoxy) is 1. The van der Waals surface area contributed by atoms with Crippen LogP contribution in [0.3, 0.4) is 0 Å². The second-order valence-electron chi connectivity index (χ2n) is 5.40. The summed E-state index contributed by atoms with van der Waals surface area (Å²) in [6, 6.07) is 9.79. The first-order chi connectivity index (χ1) is 10.8. The minimum absolute atomic E-state index is 0.193. The summed E-state index contributed by atoms with van der Waals surface area (Å²) < 4.78 is 10.5. The Kier molecular flexibility index (Phi) is 4.48. The summed E-state index contributed by atoms with van der Waals surface area (Å²) >= 11 is 0. The van der Waals surface area contributed by atoms with Gasteiger partial charge in [0.25, 0.3) is 0 Å². The smallest absolute Gasteiger partial charge is 0.323 e. The van der Waals surface area contributed by atoms with Gasteiger partial charge in [0.05, 0.1) is 20.1 Å². The van der Waals surface area contributed by atoms with Crippen molar-refractivity contribution in [3.05, 3.63) is 47.7 Å². The van der Waals surface area contributed by atoms with E-state index in [0.717, 1.165) is 24.9 Å². The number of hydrogen-bond acceptors (Lipinski definition) is 6. The Morgan fingerprint density at radius 1 is 1.32 bits per heavy atom. The van der Waals surface area contributed by atoms with Crippen LogP contribution in [0.2, 0.25) is 0 Å². The standard InChI is InChI=1S/C16H19N3O3/c1-21-16(20)13-8-5-9-19(13)11-15-18-17-14(22-15)10-12-6-3-2-4-7-12/h2-4,6-7,13H,5,8-11H2,1H3/t13-/m0/s1. The summed E-state index contributed by atoms with van der Waals surface area (Å²) in [5, 5.41) is 8.17. The van der Waals surface area contributed by atoms with Crippen molar-refractivity contribution in [3.63, 3.8) is 0 Å². The maximum atomic E-state index is 11.7. The number of methoxy groups -OCH3 is 1. The zero-order chi connectivity index (χ0) is 15.4. The van der Waals surface area contributed by atoms with Gasteiger partial charge in [-0.1, -0.05) is 30.3 Å². The van der Waals surface area contributed by atoms with Gasteiger partial charge in [-0.3, -0.25) is 9.69 Å². The Labute approximate surface area is 129 Å². The Hall–Kier alpha value is -2.21. The first-order valence-corrected chi connectivity index (χ1v) is 7.43. The number of rotatable bonds is 5. The molecule has 1 aliphatic rings. The average Bonchev–Trinajstić information content (AvgIpc) is 3.18. The summed E-state index contributed by atoms with van der Waals surface area (Å²) in [6.07, 6.45) is 2.41. The third kappa shape index (κ3) is 3.33. The minimum atomic E-state index is -0.200. The van der Waals surface area contributed by atoms with Crippen LogP contribution in [0, 0.1) is 0 Å². The number of carbonyl (C=O) groups is 1. The number of nitrogens with zero attached hydrogens (tertiary/aromatic N) is 3. The van der Waals surface area contributed by atoms with E-state index in [1.54, 1.807) is 0 Å². The van der Waals surface area contributed by atoms with Crippen molar-refractivity contribution < 1.29 is 13.9 Å². The molecule has 1 aromatic carbocycles. The van der Waals surface area contributed by atoms with Crippen LogP contribution in [0.4, 0.5) is 0 Å². The average molecular weight is 301 g/mol. The lowest BCUT2D eigenvalue weighted by molar-refractivity contribution is -0.146. The van der Waals surface area contributed by atoms with Crippen molar-refractivity contribution in [1.82, 2.24) is 15.1 Å². The number of esters is 1. The zero-order valence-electron chi connectivity index (χ0n) is 12.6. The molecule has 0 amide bonds. The number of benzene rings is 1. The first kappa shape index (κ1) is 14.7. The number of hydrogen-bond donors (Lipinski definition) is 0. The molecular weight excluding hydrogens is 282 g/mol. The maximum absolute atomic E-state index is 11.7. The topological polar surface area (TPSA) is 68.5 Å². The first-order valence-electron chi connectivity index (χ1n) is 7.43. The van der Waals surface area contributed by atoms with Crippen LogP contribution >= 0.6 is 0 Å². The van der Waals surface area contributed by atoms with E-state index in [2.05, 4.69) is 10.2 Å². The molecule has 1 aliphatic heterocycles. The lowest BCUT2D eigenvalue weighted by atomic mass is 10.2. The molecule has 0 bridgehead atoms. The number of likely N-dealkylation sites (tertiary alicyclic amines) is 1. The predicted octanol–water partition coefficient (Wildman–Crippen LogP) is 1.80. The van der Waals surface area contributed by atoms with Crippen molar-refractivity contribution in [2.75, 3.05) is 13.7 Å². The van der Waals surface area contributed by atoms with E-state index in [9.17, 15) is 4.79 Å². The minimum Gasteiger partial charge on any atom is -0.468 e. The van der Waals surface area contributed by atoms with Gasteiger partial charge in [-0.25, -0.2) is 0 Å². The van der Waals surface area contributed by atoms with E-state index in [-0.39, 0.29) is 12.0 Å². The molecule has 6 heteroatoms. The fraction of sp³-hybridized carbons (Fsp3) is 0.438. The van der Waals surface area contributed by atoms with E-state index < -0.39 is 0 Å². The summed E-state index contributed by atoms with van der Waals surface area (Å²) in [7, 11) is 1.42. The highest BCUT2D eigenvalue weighted by atomic mass is 16.5. The molecular formula is C16H19N3O3. The molecule has 1 fully saturated rings. The van der Waals surface area contributed by atoms with Gasteiger partial charge in [0, 0.05) is 0 Å². The molecule has 1 saturated heterocycles. The molecule has 0 unspecified atom stereocenters. The Bertz CT molecular complexity index is 627. The quantitative estimate of drug-likeness (QED) is 0.784. The van der Waals surface area contributed by atoms with Gasteiger partial charge in [0.1, 0.15) is 6.04 Å². The molecule has 0 saturated carbocycles. The van der Waals surface area contributed by atoms with Gasteiger partial charge in [-0.05, 0) is 24.9 Å². The maximum Gasteiger partial charge on any atom is 0.323 e. The van der Waals surface area contributed by atoms with Crippen LogP contribution < -0.4 is 0 Å². The van der Waals surface area contributed by atoms with Crippen LogP contribution in [-0.2, 0) is 22.5 Å². The van der Waals surface area contributed by atoms with E-state index in [1.807, 2.05) is 35.2 Å². The third-order valence-electron chi connectivity index (χ3n) is 3.88. The second kappa shape index (κ2) is 6.70. The van der Waals surface area contributed by atoms with Gasteiger partial charge in [0.2, 0.25) is 11.8 Å². The molecule has 22 heavy (non-hydrogen) atoms. The SMILES string of the molecule is COC(=O)[C@@H]1CCCN1Cc1nnc(Cc2ccccc2)o1. The largest absolute Gasteiger partial charge is 0.468 e. The van der Waals surface area contributed by atoms with Gasteiger partial charge in [0.15, 0.2) is 0 Å². The van der Waals surface area contributed by atoms with Crippen molar-refractivity contribution in [2.24, 2.45) is 0 Å². The fourth-order valence-electron chi connectivity index (χ4n) is 2.79. The van der Waals surface area contributed by atoms with E-state index in [1.165, 1.54) is 7.11 Å². The molecule has 0 N–H and O–H groups in total. The van der Waals surface area contributed by atoms with Crippen molar-refractivity contribution in [1.29, 1.82) is 0 Å². The summed E-state index contributed by atoms with van der Waals surface area (Å²) in [5.41, 5.74) is 1.13. The third-order valence-corrected chi connectivity index (χ3v) is 3.88. The monoisotopic (exact) mass is 301 g/mol. The Balaban J connectivity index is 1.63. The molecule has 6 nitrogen and oxygen atoms in total. The summed E-state index contributed by atoms with van der Waals surface area (Å²) in [4.78, 5) is 13.8. The molecule has 116 valence electrons. The fourth-order valence-corrected chi connectivity index (χ4v) is 2.79. The molecule has 0 aliphatic carbocycles. The van der Waals surface area contributed by atoms with Crippen molar-refractivity contribution >= 4 is 5.97 Å². The molecule has 1 aromatic heterocycles. The van der Waals surface area contributed by atoms with E-state index in [4.69, 9.17) is 9.15 Å². The van der Waals surface area contributed by atoms with E-state index in [0.29, 0.717) is 24.7 Å². The predicted molar refractivity (Wildman–Crippen MR) is 79.0 cm³/mol. The number of aromatic nitrogens is 2. The lowest BCUT2D eigenvalue weighted by Gasteiger charge is -2.20. The zero-order valence-corrected chi connectivity index (χ0v) is 12.6. The van der Waals surface area contributed by atoms with Gasteiger partial charge in [-0.15, -0.1) is 10.2 Å². The van der Waals surface area contributed by atoms with E-state index >= 15 is 0 Å². The highest BCUT2D eigenvalue weighted by Gasteiger charge is 2.32. The second-order valence-corrected chi connectivity index (χ2v) is 5.40. The van der Waals surface area contributed by atoms with Crippen molar-refractivity contribution in [2.45, 2.75) is 31.8 Å². The Morgan fingerprint density at radius 3 is 2.86 bits per heavy atom. The molecule has 1 atom stereocenters. The molecule has 0 radical (unpaired) electrons. The van der Waals surface area contributed by atoms with Crippen LogP contribution in [0.1, 0.15) is 30.2 Å².